The van der Waals surface area contributed by atoms with Gasteiger partial charge in [0.25, 0.3) is 0 Å². The molecule has 0 aliphatic carbocycles. The molecule has 0 saturated carbocycles. The van der Waals surface area contributed by atoms with Gasteiger partial charge in [-0.3, -0.25) is 0 Å². The van der Waals surface area contributed by atoms with Gasteiger partial charge in [0.1, 0.15) is 11.5 Å². The Morgan fingerprint density at radius 2 is 1.39 bits per heavy atom. The van der Waals surface area contributed by atoms with Gasteiger partial charge in [-0.2, -0.15) is 0 Å². The van der Waals surface area contributed by atoms with Gasteiger partial charge < -0.3 is 9.47 Å². The minimum absolute atomic E-state index is 0.754. The van der Waals surface area contributed by atoms with Crippen LogP contribution in [-0.4, -0.2) is 13.2 Å². The molecule has 0 heterocycles. The van der Waals surface area contributed by atoms with Crippen molar-refractivity contribution in [2.24, 2.45) is 0 Å². The van der Waals surface area contributed by atoms with Gasteiger partial charge in [-0.25, -0.2) is 0 Å². The van der Waals surface area contributed by atoms with Gasteiger partial charge in [0.05, 0.1) is 17.7 Å². The molecule has 130 valence electrons. The number of halogens is 1. The van der Waals surface area contributed by atoms with Crippen LogP contribution in [0.3, 0.4) is 0 Å². The van der Waals surface area contributed by atoms with Crippen molar-refractivity contribution in [2.75, 3.05) is 13.2 Å². The lowest BCUT2D eigenvalue weighted by Crippen LogP contribution is -2.02. The Labute approximate surface area is 150 Å². The molecule has 0 N–H and O–H groups in total. The van der Waals surface area contributed by atoms with E-state index in [9.17, 15) is 0 Å². The Hall–Kier alpha value is -0.960. The Morgan fingerprint density at radius 3 is 1.91 bits per heavy atom. The summed E-state index contributed by atoms with van der Waals surface area (Å²) in [5.41, 5.74) is 0.978. The number of benzene rings is 1. The summed E-state index contributed by atoms with van der Waals surface area (Å²) in [5, 5.41) is 0. The highest BCUT2D eigenvalue weighted by Gasteiger charge is 2.11. The third-order valence-electron chi connectivity index (χ3n) is 3.82. The second-order valence-corrected chi connectivity index (χ2v) is 6.60. The van der Waals surface area contributed by atoms with Crippen LogP contribution in [0.4, 0.5) is 0 Å². The average molecular weight is 383 g/mol. The predicted octanol–water partition coefficient (Wildman–Crippen LogP) is 7.01. The molecule has 1 aromatic carbocycles. The third kappa shape index (κ3) is 7.43. The number of ether oxygens (including phenoxy) is 2. The standard InChI is InChI=1S/C20H31BrO2/c1-4-7-9-11-15-22-18-13-14-19(20(21)17(18)6-3)23-16-12-10-8-5-2/h6,13-14H,3-5,7-12,15-16H2,1-2H3. The zero-order valence-corrected chi connectivity index (χ0v) is 16.3. The molecule has 0 aromatic heterocycles. The molecule has 0 fully saturated rings. The van der Waals surface area contributed by atoms with Crippen molar-refractivity contribution in [3.05, 3.63) is 28.7 Å². The fraction of sp³-hybridized carbons (Fsp3) is 0.600. The fourth-order valence-corrected chi connectivity index (χ4v) is 3.01. The molecular weight excluding hydrogens is 352 g/mol. The Morgan fingerprint density at radius 1 is 0.870 bits per heavy atom. The monoisotopic (exact) mass is 382 g/mol. The molecule has 0 saturated heterocycles. The minimum Gasteiger partial charge on any atom is -0.493 e. The smallest absolute Gasteiger partial charge is 0.134 e. The van der Waals surface area contributed by atoms with Crippen LogP contribution in [0.5, 0.6) is 11.5 Å². The highest BCUT2D eigenvalue weighted by atomic mass is 79.9. The normalized spacial score (nSPS) is 10.6. The van der Waals surface area contributed by atoms with Crippen molar-refractivity contribution in [2.45, 2.75) is 65.2 Å². The Balaban J connectivity index is 2.55. The summed E-state index contributed by atoms with van der Waals surface area (Å²) in [6.07, 6.45) is 11.5. The van der Waals surface area contributed by atoms with Crippen molar-refractivity contribution in [1.82, 2.24) is 0 Å². The maximum atomic E-state index is 5.91. The van der Waals surface area contributed by atoms with E-state index in [1.807, 2.05) is 18.2 Å². The van der Waals surface area contributed by atoms with Gasteiger partial charge in [-0.15, -0.1) is 0 Å². The molecule has 0 amide bonds. The maximum Gasteiger partial charge on any atom is 0.134 e. The van der Waals surface area contributed by atoms with Crippen molar-refractivity contribution >= 4 is 22.0 Å². The number of hydrogen-bond donors (Lipinski definition) is 0. The summed E-state index contributed by atoms with van der Waals surface area (Å²) in [6.45, 7) is 9.85. The molecule has 23 heavy (non-hydrogen) atoms. The summed E-state index contributed by atoms with van der Waals surface area (Å²) >= 11 is 3.63. The third-order valence-corrected chi connectivity index (χ3v) is 4.64. The molecule has 0 aliphatic heterocycles. The van der Waals surface area contributed by atoms with E-state index in [0.29, 0.717) is 0 Å². The molecule has 1 aromatic rings. The van der Waals surface area contributed by atoms with Gasteiger partial charge in [-0.05, 0) is 40.9 Å². The van der Waals surface area contributed by atoms with Crippen LogP contribution in [-0.2, 0) is 0 Å². The van der Waals surface area contributed by atoms with Crippen LogP contribution in [0, 0.1) is 0 Å². The number of hydrogen-bond acceptors (Lipinski definition) is 2. The molecule has 0 bridgehead atoms. The van der Waals surface area contributed by atoms with Crippen molar-refractivity contribution in [3.8, 4) is 11.5 Å². The summed E-state index contributed by atoms with van der Waals surface area (Å²) in [5.74, 6) is 1.75. The van der Waals surface area contributed by atoms with Crippen molar-refractivity contribution < 1.29 is 9.47 Å². The van der Waals surface area contributed by atoms with E-state index in [0.717, 1.165) is 47.6 Å². The largest absolute Gasteiger partial charge is 0.493 e. The molecule has 0 aliphatic rings. The highest BCUT2D eigenvalue weighted by molar-refractivity contribution is 9.10. The van der Waals surface area contributed by atoms with Crippen LogP contribution in [0.1, 0.15) is 70.8 Å². The minimum atomic E-state index is 0.754. The highest BCUT2D eigenvalue weighted by Crippen LogP contribution is 2.36. The van der Waals surface area contributed by atoms with E-state index in [1.165, 1.54) is 38.5 Å². The first-order valence-electron chi connectivity index (χ1n) is 8.95. The Kier molecular flexibility index (Phi) is 10.9. The zero-order chi connectivity index (χ0) is 16.9. The summed E-state index contributed by atoms with van der Waals surface area (Å²) in [6, 6.07) is 3.97. The van der Waals surface area contributed by atoms with E-state index in [1.54, 1.807) is 0 Å². The molecule has 0 unspecified atom stereocenters. The molecule has 1 rings (SSSR count). The first kappa shape index (κ1) is 20.1. The first-order valence-corrected chi connectivity index (χ1v) is 9.74. The number of unbranched alkanes of at least 4 members (excludes halogenated alkanes) is 6. The van der Waals surface area contributed by atoms with E-state index in [2.05, 4.69) is 36.4 Å². The van der Waals surface area contributed by atoms with Crippen molar-refractivity contribution in [3.63, 3.8) is 0 Å². The predicted molar refractivity (Wildman–Crippen MR) is 104 cm³/mol. The van der Waals surface area contributed by atoms with Gasteiger partial charge in [0.15, 0.2) is 0 Å². The molecule has 3 heteroatoms. The van der Waals surface area contributed by atoms with Gasteiger partial charge in [0, 0.05) is 5.56 Å². The quantitative estimate of drug-likeness (QED) is 0.341. The van der Waals surface area contributed by atoms with Gasteiger partial charge in [-0.1, -0.05) is 65.0 Å². The van der Waals surface area contributed by atoms with Crippen LogP contribution in [0.15, 0.2) is 23.2 Å². The van der Waals surface area contributed by atoms with E-state index < -0.39 is 0 Å². The topological polar surface area (TPSA) is 18.5 Å². The van der Waals surface area contributed by atoms with Crippen molar-refractivity contribution in [1.29, 1.82) is 0 Å². The lowest BCUT2D eigenvalue weighted by atomic mass is 10.2. The molecular formula is C20H31BrO2. The van der Waals surface area contributed by atoms with Crippen LogP contribution in [0.2, 0.25) is 0 Å². The number of rotatable bonds is 13. The molecule has 2 nitrogen and oxygen atoms in total. The zero-order valence-electron chi connectivity index (χ0n) is 14.7. The second-order valence-electron chi connectivity index (χ2n) is 5.81. The van der Waals surface area contributed by atoms with Crippen LogP contribution in [0.25, 0.3) is 6.08 Å². The first-order chi connectivity index (χ1) is 11.2. The summed E-state index contributed by atoms with van der Waals surface area (Å²) in [4.78, 5) is 0. The summed E-state index contributed by atoms with van der Waals surface area (Å²) < 4.78 is 12.7. The van der Waals surface area contributed by atoms with Gasteiger partial charge in [0.2, 0.25) is 0 Å². The lowest BCUT2D eigenvalue weighted by Gasteiger charge is -2.14. The van der Waals surface area contributed by atoms with Gasteiger partial charge >= 0.3 is 0 Å². The fourth-order valence-electron chi connectivity index (χ4n) is 2.40. The van der Waals surface area contributed by atoms with Crippen LogP contribution >= 0.6 is 15.9 Å². The summed E-state index contributed by atoms with van der Waals surface area (Å²) in [7, 11) is 0. The average Bonchev–Trinajstić information content (AvgIpc) is 2.56. The van der Waals surface area contributed by atoms with E-state index in [-0.39, 0.29) is 0 Å². The van der Waals surface area contributed by atoms with E-state index in [4.69, 9.17) is 9.47 Å². The molecule has 0 atom stereocenters. The molecule has 0 radical (unpaired) electrons. The lowest BCUT2D eigenvalue weighted by molar-refractivity contribution is 0.295. The second kappa shape index (κ2) is 12.5. The maximum absolute atomic E-state index is 5.91. The van der Waals surface area contributed by atoms with E-state index >= 15 is 0 Å². The molecule has 0 spiro atoms. The Bertz CT molecular complexity index is 457. The SMILES string of the molecule is C=Cc1c(OCCCCCC)ccc(OCCCCCC)c1Br. The van der Waals surface area contributed by atoms with Crippen LogP contribution < -0.4 is 9.47 Å².